The van der Waals surface area contributed by atoms with Gasteiger partial charge in [0.1, 0.15) is 0 Å². The molecule has 1 aromatic carbocycles. The van der Waals surface area contributed by atoms with Crippen molar-refractivity contribution in [3.63, 3.8) is 0 Å². The third-order valence-corrected chi connectivity index (χ3v) is 3.61. The van der Waals surface area contributed by atoms with E-state index >= 15 is 0 Å². The van der Waals surface area contributed by atoms with Crippen molar-refractivity contribution in [3.8, 4) is 0 Å². The van der Waals surface area contributed by atoms with E-state index in [1.165, 1.54) is 5.56 Å². The summed E-state index contributed by atoms with van der Waals surface area (Å²) in [5.74, 6) is 1.26. The summed E-state index contributed by atoms with van der Waals surface area (Å²) in [5, 5.41) is 11.3. The molecular formula is C18H20N6. The van der Waals surface area contributed by atoms with E-state index in [0.717, 1.165) is 23.7 Å². The van der Waals surface area contributed by atoms with Crippen LogP contribution in [0.3, 0.4) is 0 Å². The zero-order chi connectivity index (χ0) is 16.8. The molecule has 24 heavy (non-hydrogen) atoms. The van der Waals surface area contributed by atoms with Crippen LogP contribution in [0.5, 0.6) is 0 Å². The number of aromatic nitrogens is 4. The van der Waals surface area contributed by atoms with Crippen LogP contribution in [0.4, 0.5) is 17.5 Å². The molecule has 0 aliphatic carbocycles. The van der Waals surface area contributed by atoms with E-state index in [1.807, 2.05) is 24.3 Å². The minimum Gasteiger partial charge on any atom is -0.347 e. The molecule has 0 atom stereocenters. The summed E-state index contributed by atoms with van der Waals surface area (Å²) in [4.78, 5) is 11.0. The molecular weight excluding hydrogens is 300 g/mol. The quantitative estimate of drug-likeness (QED) is 0.751. The highest BCUT2D eigenvalue weighted by atomic mass is 15.3. The highest BCUT2D eigenvalue weighted by Gasteiger charge is 2.11. The van der Waals surface area contributed by atoms with E-state index in [4.69, 9.17) is 0 Å². The van der Waals surface area contributed by atoms with E-state index in [-0.39, 0.29) is 0 Å². The van der Waals surface area contributed by atoms with Gasteiger partial charge in [-0.3, -0.25) is 4.98 Å². The minimum absolute atomic E-state index is 0.490. The molecule has 0 spiro atoms. The van der Waals surface area contributed by atoms with Crippen molar-refractivity contribution in [3.05, 3.63) is 66.1 Å². The number of benzene rings is 1. The average molecular weight is 320 g/mol. The monoisotopic (exact) mass is 320 g/mol. The first-order chi connectivity index (χ1) is 11.8. The molecule has 0 aliphatic heterocycles. The first-order valence-corrected chi connectivity index (χ1v) is 7.94. The fraction of sp³-hybridized carbons (Fsp3) is 0.222. The third kappa shape index (κ3) is 3.84. The van der Waals surface area contributed by atoms with Crippen molar-refractivity contribution in [2.24, 2.45) is 0 Å². The van der Waals surface area contributed by atoms with Crippen LogP contribution in [-0.4, -0.2) is 26.7 Å². The summed E-state index contributed by atoms with van der Waals surface area (Å²) in [6.07, 6.45) is 3.45. The minimum atomic E-state index is 0.490. The Kier molecular flexibility index (Phi) is 4.96. The van der Waals surface area contributed by atoms with Gasteiger partial charge in [0.2, 0.25) is 5.95 Å². The lowest BCUT2D eigenvalue weighted by molar-refractivity contribution is 0.898. The predicted octanol–water partition coefficient (Wildman–Crippen LogP) is 3.35. The predicted molar refractivity (Wildman–Crippen MR) is 95.2 cm³/mol. The van der Waals surface area contributed by atoms with E-state index < -0.39 is 0 Å². The maximum atomic E-state index is 4.58. The molecule has 2 aromatic heterocycles. The molecule has 6 nitrogen and oxygen atoms in total. The lowest BCUT2D eigenvalue weighted by Crippen LogP contribution is -2.19. The number of nitrogens with zero attached hydrogens (tertiary/aromatic N) is 5. The van der Waals surface area contributed by atoms with E-state index in [2.05, 4.69) is 62.4 Å². The summed E-state index contributed by atoms with van der Waals surface area (Å²) in [6, 6.07) is 14.1. The van der Waals surface area contributed by atoms with Crippen LogP contribution in [-0.2, 0) is 6.54 Å². The number of hydrogen-bond donors (Lipinski definition) is 1. The number of hydrogen-bond acceptors (Lipinski definition) is 6. The normalized spacial score (nSPS) is 10.4. The molecule has 0 unspecified atom stereocenters. The van der Waals surface area contributed by atoms with Crippen LogP contribution < -0.4 is 10.2 Å². The first kappa shape index (κ1) is 15.9. The van der Waals surface area contributed by atoms with Crippen LogP contribution in [0, 0.1) is 6.92 Å². The van der Waals surface area contributed by atoms with Crippen LogP contribution in [0.2, 0.25) is 0 Å². The zero-order valence-corrected chi connectivity index (χ0v) is 13.8. The Balaban J connectivity index is 1.78. The van der Waals surface area contributed by atoms with Crippen LogP contribution >= 0.6 is 0 Å². The molecule has 0 amide bonds. The molecule has 0 radical (unpaired) electrons. The molecule has 6 heteroatoms. The Hall–Kier alpha value is -3.02. The van der Waals surface area contributed by atoms with Gasteiger partial charge in [-0.15, -0.1) is 5.10 Å². The molecule has 0 saturated heterocycles. The lowest BCUT2D eigenvalue weighted by atomic mass is 10.2. The van der Waals surface area contributed by atoms with Gasteiger partial charge < -0.3 is 10.2 Å². The second-order valence-electron chi connectivity index (χ2n) is 5.40. The first-order valence-electron chi connectivity index (χ1n) is 7.94. The Morgan fingerprint density at radius 3 is 2.79 bits per heavy atom. The Morgan fingerprint density at radius 1 is 1.12 bits per heavy atom. The lowest BCUT2D eigenvalue weighted by Gasteiger charge is -2.22. The summed E-state index contributed by atoms with van der Waals surface area (Å²) in [5.41, 5.74) is 3.23. The smallest absolute Gasteiger partial charge is 0.245 e. The van der Waals surface area contributed by atoms with Crippen molar-refractivity contribution >= 4 is 17.5 Å². The number of aryl methyl sites for hydroxylation is 1. The fourth-order valence-corrected chi connectivity index (χ4v) is 2.44. The molecule has 1 N–H and O–H groups in total. The molecule has 3 rings (SSSR count). The molecule has 122 valence electrons. The maximum absolute atomic E-state index is 4.58. The maximum Gasteiger partial charge on any atom is 0.245 e. The van der Waals surface area contributed by atoms with Crippen LogP contribution in [0.15, 0.2) is 54.9 Å². The highest BCUT2D eigenvalue weighted by molar-refractivity contribution is 5.60. The third-order valence-electron chi connectivity index (χ3n) is 3.61. The van der Waals surface area contributed by atoms with Crippen molar-refractivity contribution in [1.82, 2.24) is 20.2 Å². The number of pyridine rings is 1. The number of rotatable bonds is 6. The van der Waals surface area contributed by atoms with Gasteiger partial charge in [0, 0.05) is 18.4 Å². The fourth-order valence-electron chi connectivity index (χ4n) is 2.44. The second kappa shape index (κ2) is 7.50. The van der Waals surface area contributed by atoms with Gasteiger partial charge in [-0.2, -0.15) is 10.1 Å². The highest BCUT2D eigenvalue weighted by Crippen LogP contribution is 2.23. The van der Waals surface area contributed by atoms with Crippen molar-refractivity contribution in [1.29, 1.82) is 0 Å². The molecule has 2 heterocycles. The Labute approximate surface area is 141 Å². The number of nitrogens with one attached hydrogen (secondary N) is 1. The van der Waals surface area contributed by atoms with Crippen molar-refractivity contribution < 1.29 is 0 Å². The van der Waals surface area contributed by atoms with Gasteiger partial charge in [-0.25, -0.2) is 0 Å². The average Bonchev–Trinajstić information content (AvgIpc) is 2.62. The van der Waals surface area contributed by atoms with Crippen molar-refractivity contribution in [2.45, 2.75) is 20.4 Å². The van der Waals surface area contributed by atoms with Gasteiger partial charge in [0.25, 0.3) is 0 Å². The molecule has 0 fully saturated rings. The molecule has 0 aliphatic rings. The summed E-state index contributed by atoms with van der Waals surface area (Å²) in [6.45, 7) is 5.52. The zero-order valence-electron chi connectivity index (χ0n) is 13.8. The topological polar surface area (TPSA) is 66.8 Å². The largest absolute Gasteiger partial charge is 0.347 e. The molecule has 3 aromatic rings. The van der Waals surface area contributed by atoms with E-state index in [0.29, 0.717) is 12.5 Å². The van der Waals surface area contributed by atoms with Crippen LogP contribution in [0.25, 0.3) is 0 Å². The number of anilines is 3. The SMILES string of the molecule is CCN(c1cccc(C)c1)c1cnnc(NCc2ccccn2)n1. The summed E-state index contributed by atoms with van der Waals surface area (Å²) >= 11 is 0. The Morgan fingerprint density at radius 2 is 2.04 bits per heavy atom. The van der Waals surface area contributed by atoms with Gasteiger partial charge >= 0.3 is 0 Å². The Bertz CT molecular complexity index is 790. The molecule has 0 bridgehead atoms. The van der Waals surface area contributed by atoms with Gasteiger partial charge in [-0.05, 0) is 43.7 Å². The van der Waals surface area contributed by atoms with Gasteiger partial charge in [-0.1, -0.05) is 18.2 Å². The van der Waals surface area contributed by atoms with Crippen LogP contribution in [0.1, 0.15) is 18.2 Å². The molecule has 0 saturated carbocycles. The van der Waals surface area contributed by atoms with Gasteiger partial charge in [0.15, 0.2) is 5.82 Å². The van der Waals surface area contributed by atoms with E-state index in [9.17, 15) is 0 Å². The summed E-state index contributed by atoms with van der Waals surface area (Å²) in [7, 11) is 0. The van der Waals surface area contributed by atoms with Gasteiger partial charge in [0.05, 0.1) is 18.4 Å². The van der Waals surface area contributed by atoms with E-state index in [1.54, 1.807) is 12.4 Å². The summed E-state index contributed by atoms with van der Waals surface area (Å²) < 4.78 is 0. The van der Waals surface area contributed by atoms with Crippen molar-refractivity contribution in [2.75, 3.05) is 16.8 Å². The standard InChI is InChI=1S/C18H20N6/c1-3-24(16-9-6-7-14(2)11-16)17-13-21-23-18(22-17)20-12-15-8-4-5-10-19-15/h4-11,13H,3,12H2,1-2H3,(H,20,22,23). The second-order valence-corrected chi connectivity index (χ2v) is 5.40.